The van der Waals surface area contributed by atoms with Gasteiger partial charge < -0.3 is 26.0 Å². The highest BCUT2D eigenvalue weighted by molar-refractivity contribution is 6.00. The summed E-state index contributed by atoms with van der Waals surface area (Å²) in [5, 5.41) is 18.8. The van der Waals surface area contributed by atoms with Gasteiger partial charge in [-0.05, 0) is 105 Å². The smallest absolute Gasteiger partial charge is 0.251 e. The zero-order valence-corrected chi connectivity index (χ0v) is 30.5. The first kappa shape index (κ1) is 36.2. The van der Waals surface area contributed by atoms with Gasteiger partial charge in [-0.1, -0.05) is 37.3 Å². The Kier molecular flexibility index (Phi) is 11.4. The van der Waals surface area contributed by atoms with Crippen molar-refractivity contribution in [2.75, 3.05) is 25.1 Å². The molecule has 276 valence electrons. The molecule has 0 spiro atoms. The molecule has 2 amide bonds. The van der Waals surface area contributed by atoms with Crippen LogP contribution >= 0.6 is 0 Å². The predicted octanol–water partition coefficient (Wildman–Crippen LogP) is 6.77. The average molecular weight is 718 g/mol. The maximum absolute atomic E-state index is 15.0. The van der Waals surface area contributed by atoms with Crippen molar-refractivity contribution in [1.29, 1.82) is 0 Å². The van der Waals surface area contributed by atoms with Gasteiger partial charge in [-0.25, -0.2) is 14.1 Å². The van der Waals surface area contributed by atoms with Crippen LogP contribution in [0.25, 0.3) is 22.2 Å². The fourth-order valence-corrected chi connectivity index (χ4v) is 6.95. The second-order valence-electron chi connectivity index (χ2n) is 14.0. The van der Waals surface area contributed by atoms with E-state index in [-0.39, 0.29) is 36.8 Å². The van der Waals surface area contributed by atoms with E-state index in [0.717, 1.165) is 76.5 Å². The molecule has 4 N–H and O–H groups in total. The Morgan fingerprint density at radius 1 is 0.868 bits per heavy atom. The number of carbonyl (C=O) groups is 2. The number of aryl methyl sites for hydroxylation is 2. The second-order valence-corrected chi connectivity index (χ2v) is 14.0. The molecule has 5 aromatic rings. The van der Waals surface area contributed by atoms with Crippen molar-refractivity contribution in [3.63, 3.8) is 0 Å². The summed E-state index contributed by atoms with van der Waals surface area (Å²) in [6, 6.07) is 19.7. The number of pyridine rings is 1. The van der Waals surface area contributed by atoms with Crippen molar-refractivity contribution in [2.24, 2.45) is 5.92 Å². The van der Waals surface area contributed by atoms with Gasteiger partial charge in [0.15, 0.2) is 5.65 Å². The SMILES string of the molecule is CCc1nc2c(cnn2CC)c(NC2CCOCC2)c1CNC(=O)c1cccc(C(=O)NCc2ccc(F)c(-c3cccc(CNCC4CC4)c3)c2)c1. The van der Waals surface area contributed by atoms with E-state index in [1.165, 1.54) is 18.9 Å². The number of hydrogen-bond acceptors (Lipinski definition) is 7. The predicted molar refractivity (Wildman–Crippen MR) is 205 cm³/mol. The van der Waals surface area contributed by atoms with Crippen molar-refractivity contribution >= 4 is 28.5 Å². The molecule has 0 unspecified atom stereocenters. The highest BCUT2D eigenvalue weighted by atomic mass is 19.1. The highest BCUT2D eigenvalue weighted by Crippen LogP contribution is 2.32. The molecule has 10 nitrogen and oxygen atoms in total. The van der Waals surface area contributed by atoms with Crippen LogP contribution in [0.15, 0.2) is 72.9 Å². The van der Waals surface area contributed by atoms with E-state index in [2.05, 4.69) is 33.3 Å². The third kappa shape index (κ3) is 8.75. The molecule has 1 saturated carbocycles. The lowest BCUT2D eigenvalue weighted by Crippen LogP contribution is -2.30. The summed E-state index contributed by atoms with van der Waals surface area (Å²) in [5.41, 5.74) is 7.49. The van der Waals surface area contributed by atoms with E-state index in [9.17, 15) is 9.59 Å². The molecule has 0 bridgehead atoms. The summed E-state index contributed by atoms with van der Waals surface area (Å²) in [5.74, 6) is -0.146. The van der Waals surface area contributed by atoms with Gasteiger partial charge in [-0.2, -0.15) is 5.10 Å². The Morgan fingerprint density at radius 3 is 2.34 bits per heavy atom. The monoisotopic (exact) mass is 717 g/mol. The van der Waals surface area contributed by atoms with Crippen molar-refractivity contribution in [2.45, 2.75) is 78.2 Å². The Bertz CT molecular complexity index is 2090. The summed E-state index contributed by atoms with van der Waals surface area (Å²) in [6.45, 7) is 8.43. The lowest BCUT2D eigenvalue weighted by atomic mass is 10.00. The molecule has 1 saturated heterocycles. The molecule has 3 aromatic carbocycles. The molecule has 2 fully saturated rings. The summed E-state index contributed by atoms with van der Waals surface area (Å²) in [6.07, 6.45) is 6.90. The zero-order valence-electron chi connectivity index (χ0n) is 30.5. The summed E-state index contributed by atoms with van der Waals surface area (Å²) >= 11 is 0. The summed E-state index contributed by atoms with van der Waals surface area (Å²) in [4.78, 5) is 31.8. The normalized spacial score (nSPS) is 14.7. The summed E-state index contributed by atoms with van der Waals surface area (Å²) < 4.78 is 22.5. The molecule has 11 heteroatoms. The van der Waals surface area contributed by atoms with Crippen LogP contribution in [0.2, 0.25) is 0 Å². The first-order chi connectivity index (χ1) is 25.9. The molecule has 7 rings (SSSR count). The van der Waals surface area contributed by atoms with E-state index < -0.39 is 0 Å². The van der Waals surface area contributed by atoms with Gasteiger partial charge in [0.05, 0.1) is 17.3 Å². The zero-order chi connectivity index (χ0) is 36.7. The highest BCUT2D eigenvalue weighted by Gasteiger charge is 2.23. The van der Waals surface area contributed by atoms with E-state index in [0.29, 0.717) is 42.9 Å². The Hall–Kier alpha value is -5.13. The van der Waals surface area contributed by atoms with Gasteiger partial charge in [0.1, 0.15) is 5.82 Å². The first-order valence-corrected chi connectivity index (χ1v) is 18.9. The lowest BCUT2D eigenvalue weighted by molar-refractivity contribution is 0.0904. The number of hydrogen-bond donors (Lipinski definition) is 4. The average Bonchev–Trinajstić information content (AvgIpc) is 3.93. The molecule has 2 aromatic heterocycles. The minimum absolute atomic E-state index is 0.206. The fraction of sp³-hybridized carbons (Fsp3) is 0.381. The number of ether oxygens (including phenoxy) is 1. The number of rotatable bonds is 15. The first-order valence-electron chi connectivity index (χ1n) is 18.9. The van der Waals surface area contributed by atoms with Crippen molar-refractivity contribution in [3.8, 4) is 11.1 Å². The van der Waals surface area contributed by atoms with Gasteiger partial charge >= 0.3 is 0 Å². The van der Waals surface area contributed by atoms with Crippen molar-refractivity contribution in [1.82, 2.24) is 30.7 Å². The number of fused-ring (bicyclic) bond motifs is 1. The number of anilines is 1. The van der Waals surface area contributed by atoms with Crippen molar-refractivity contribution in [3.05, 3.63) is 112 Å². The number of halogens is 1. The maximum Gasteiger partial charge on any atom is 0.251 e. The van der Waals surface area contributed by atoms with Gasteiger partial charge in [-0.15, -0.1) is 0 Å². The largest absolute Gasteiger partial charge is 0.381 e. The van der Waals surface area contributed by atoms with Crippen LogP contribution in [0.5, 0.6) is 0 Å². The third-order valence-corrected chi connectivity index (χ3v) is 10.2. The van der Waals surface area contributed by atoms with Crippen LogP contribution in [0.4, 0.5) is 10.1 Å². The molecule has 0 atom stereocenters. The topological polar surface area (TPSA) is 122 Å². The maximum atomic E-state index is 15.0. The molecular formula is C42H48FN7O3. The number of nitrogens with zero attached hydrogens (tertiary/aromatic N) is 3. The van der Waals surface area contributed by atoms with Crippen LogP contribution < -0.4 is 21.3 Å². The molecule has 0 radical (unpaired) electrons. The van der Waals surface area contributed by atoms with E-state index in [4.69, 9.17) is 9.72 Å². The Balaban J connectivity index is 1.02. The fourth-order valence-electron chi connectivity index (χ4n) is 6.95. The van der Waals surface area contributed by atoms with Crippen LogP contribution in [0, 0.1) is 11.7 Å². The Morgan fingerprint density at radius 2 is 1.60 bits per heavy atom. The number of aromatic nitrogens is 3. The minimum Gasteiger partial charge on any atom is -0.381 e. The van der Waals surface area contributed by atoms with Gasteiger partial charge in [-0.3, -0.25) is 9.59 Å². The Labute approximate surface area is 309 Å². The van der Waals surface area contributed by atoms with Crippen LogP contribution in [0.3, 0.4) is 0 Å². The third-order valence-electron chi connectivity index (χ3n) is 10.2. The van der Waals surface area contributed by atoms with E-state index in [1.54, 1.807) is 36.4 Å². The number of carbonyl (C=O) groups excluding carboxylic acids is 2. The number of benzene rings is 3. The van der Waals surface area contributed by atoms with Crippen LogP contribution in [-0.2, 0) is 37.3 Å². The summed E-state index contributed by atoms with van der Waals surface area (Å²) in [7, 11) is 0. The van der Waals surface area contributed by atoms with E-state index >= 15 is 4.39 Å². The molecule has 1 aliphatic heterocycles. The second kappa shape index (κ2) is 16.7. The van der Waals surface area contributed by atoms with Crippen LogP contribution in [0.1, 0.15) is 82.6 Å². The number of amides is 2. The minimum atomic E-state index is -0.326. The molecular weight excluding hydrogens is 670 g/mol. The van der Waals surface area contributed by atoms with Crippen molar-refractivity contribution < 1.29 is 18.7 Å². The van der Waals surface area contributed by atoms with E-state index in [1.807, 2.05) is 42.1 Å². The molecule has 1 aliphatic carbocycles. The lowest BCUT2D eigenvalue weighted by Gasteiger charge is -2.26. The molecule has 53 heavy (non-hydrogen) atoms. The number of nitrogens with one attached hydrogen (secondary N) is 4. The van der Waals surface area contributed by atoms with Crippen LogP contribution in [-0.4, -0.2) is 52.4 Å². The van der Waals surface area contributed by atoms with Gasteiger partial charge in [0.2, 0.25) is 0 Å². The standard InChI is InChI=1S/C42H48FN7O3/c1-3-38-35(39(48-33-15-17-53-18-16-33)36-26-47-50(4-2)40(36)49-38)25-46-42(52)32-10-6-9-31(21-32)41(51)45-24-29-13-14-37(43)34(20-29)30-8-5-7-28(19-30)23-44-22-27-11-12-27/h5-10,13-14,19-21,26-27,33,44H,3-4,11-12,15-18,22-25H2,1-2H3,(H,45,51)(H,46,52)(H,48,49). The van der Waals surface area contributed by atoms with Gasteiger partial charge in [0.25, 0.3) is 11.8 Å². The van der Waals surface area contributed by atoms with Gasteiger partial charge in [0, 0.05) is 73.4 Å². The quantitative estimate of drug-likeness (QED) is 0.0944. The molecule has 2 aliphatic rings. The molecule has 3 heterocycles.